The molecule has 0 aliphatic carbocycles. The van der Waals surface area contributed by atoms with Crippen LogP contribution in [0.25, 0.3) is 11.1 Å². The molecule has 0 spiro atoms. The molecule has 4 aliphatic heterocycles. The van der Waals surface area contributed by atoms with Gasteiger partial charge in [0.05, 0.1) is 44.2 Å². The van der Waals surface area contributed by atoms with E-state index in [1.165, 1.54) is 33.6 Å². The van der Waals surface area contributed by atoms with Crippen LogP contribution >= 0.6 is 0 Å². The first-order valence-electron chi connectivity index (χ1n) is 15.3. The number of carbonyl (C=O) groups is 1. The van der Waals surface area contributed by atoms with Crippen LogP contribution in [0.1, 0.15) is 55.5 Å². The van der Waals surface area contributed by atoms with Gasteiger partial charge < -0.3 is 14.6 Å². The van der Waals surface area contributed by atoms with Crippen LogP contribution in [0.4, 0.5) is 26.3 Å². The van der Waals surface area contributed by atoms with Crippen molar-refractivity contribution >= 4 is 31.8 Å². The lowest BCUT2D eigenvalue weighted by Gasteiger charge is -2.28. The van der Waals surface area contributed by atoms with E-state index >= 15 is 0 Å². The van der Waals surface area contributed by atoms with Gasteiger partial charge in [0.15, 0.2) is 25.3 Å². The number of methoxy groups -OCH3 is 1. The van der Waals surface area contributed by atoms with Gasteiger partial charge in [0.1, 0.15) is 0 Å². The number of nitrogens with one attached hydrogen (secondary N) is 1. The molecule has 54 heavy (non-hydrogen) atoms. The monoisotopic (exact) mass is 810 g/mol. The number of fused-ring (bicyclic) bond motifs is 3. The molecule has 1 amide bonds. The normalized spacial score (nSPS) is 23.4. The molecule has 5 heterocycles. The van der Waals surface area contributed by atoms with E-state index in [2.05, 4.69) is 10.2 Å². The molecule has 13 nitrogen and oxygen atoms in total. The number of benzene rings is 2. The molecule has 296 valence electrons. The fourth-order valence-electron chi connectivity index (χ4n) is 6.88. The lowest BCUT2D eigenvalue weighted by atomic mass is 9.86. The Morgan fingerprint density at radius 2 is 1.33 bits per heavy atom. The summed E-state index contributed by atoms with van der Waals surface area (Å²) in [6.07, 6.45) is -6.72. The second-order valence-corrected chi connectivity index (χ2v) is 16.5. The summed E-state index contributed by atoms with van der Waals surface area (Å²) in [6, 6.07) is 3.55. The Morgan fingerprint density at radius 3 is 1.87 bits per heavy atom. The van der Waals surface area contributed by atoms with Gasteiger partial charge in [0, 0.05) is 33.0 Å². The fourth-order valence-corrected chi connectivity index (χ4v) is 10.5. The number of aryl methyl sites for hydroxylation is 1. The third-order valence-electron chi connectivity index (χ3n) is 9.30. The van der Waals surface area contributed by atoms with Gasteiger partial charge in [-0.15, -0.1) is 0 Å². The number of H-pyrrole nitrogens is 1. The number of carbonyl (C=O) groups excluding carboxylic acids is 1. The number of likely N-dealkylation sites (N-methyl/N-ethyl adjacent to an activating group) is 1. The number of epoxide rings is 1. The second-order valence-electron chi connectivity index (χ2n) is 12.4. The molecule has 0 saturated carbocycles. The van der Waals surface area contributed by atoms with Gasteiger partial charge in [-0.3, -0.25) is 19.1 Å². The SMILES string of the molecule is C.C.COC12OC1(c1ccc(C(F)(F)F)c3c1CCCS3(=O)=O)C=NN(C)C2=O.Cn1[nH]cc(-c2ccc(C(F)(F)F)c3c2CCCS3(=O)=O)c(=O)c1=O. The molecule has 1 fully saturated rings. The van der Waals surface area contributed by atoms with Crippen LogP contribution in [-0.4, -0.2) is 75.2 Å². The van der Waals surface area contributed by atoms with E-state index in [0.29, 0.717) is 12.1 Å². The standard InChI is InChI=1S/C16H15F3N2O5S.C15H13F3N2O4S.2CH4/c1-21-13(22)15(25-2)14(26-15,8-20-21)10-5-6-11(16(17,18)19)12-9(10)4-3-7-27(12,23)24;1-20-14(22)12(21)10(7-19-20)8-4-5-11(15(16,17)18)13-9(8)3-2-6-25(13,23)24;;/h5-6,8H,3-4,7H2,1-2H3;4-5,7,19H,2-3,6H2,1H3;2*1H4. The summed E-state index contributed by atoms with van der Waals surface area (Å²) in [5, 5.41) is 7.43. The minimum Gasteiger partial charge on any atom is -0.343 e. The molecule has 21 heteroatoms. The highest BCUT2D eigenvalue weighted by Gasteiger charge is 2.80. The number of nitrogens with zero attached hydrogens (tertiary/aromatic N) is 3. The van der Waals surface area contributed by atoms with Gasteiger partial charge in [-0.2, -0.15) is 31.4 Å². The van der Waals surface area contributed by atoms with Crippen molar-refractivity contribution in [3.05, 3.63) is 78.9 Å². The Balaban J connectivity index is 0.000000233. The molecule has 2 aromatic carbocycles. The number of alkyl halides is 6. The van der Waals surface area contributed by atoms with Crippen LogP contribution in [0.2, 0.25) is 0 Å². The van der Waals surface area contributed by atoms with Crippen molar-refractivity contribution in [2.45, 2.75) is 74.1 Å². The zero-order chi connectivity index (χ0) is 38.4. The molecule has 1 aromatic heterocycles. The van der Waals surface area contributed by atoms with Crippen LogP contribution in [-0.2, 0) is 71.8 Å². The quantitative estimate of drug-likeness (QED) is 0.231. The molecule has 7 rings (SSSR count). The van der Waals surface area contributed by atoms with Crippen LogP contribution in [0, 0.1) is 0 Å². The third-order valence-corrected chi connectivity index (χ3v) is 13.1. The molecule has 2 atom stereocenters. The molecule has 0 radical (unpaired) electrons. The maximum atomic E-state index is 13.4. The Labute approximate surface area is 305 Å². The van der Waals surface area contributed by atoms with Crippen molar-refractivity contribution in [2.24, 2.45) is 12.1 Å². The Bertz CT molecular complexity index is 2410. The average Bonchev–Trinajstić information content (AvgIpc) is 3.75. The highest BCUT2D eigenvalue weighted by Crippen LogP contribution is 2.59. The van der Waals surface area contributed by atoms with Crippen molar-refractivity contribution in [3.63, 3.8) is 0 Å². The first kappa shape index (κ1) is 42.4. The van der Waals surface area contributed by atoms with E-state index in [4.69, 9.17) is 9.47 Å². The molecule has 0 bridgehead atoms. The largest absolute Gasteiger partial charge is 0.417 e. The summed E-state index contributed by atoms with van der Waals surface area (Å²) in [7, 11) is -4.32. The maximum absolute atomic E-state index is 13.4. The first-order valence-corrected chi connectivity index (χ1v) is 18.6. The molecule has 1 saturated heterocycles. The van der Waals surface area contributed by atoms with Crippen molar-refractivity contribution in [3.8, 4) is 11.1 Å². The summed E-state index contributed by atoms with van der Waals surface area (Å²) in [6.45, 7) is 0. The predicted molar refractivity (Wildman–Crippen MR) is 182 cm³/mol. The van der Waals surface area contributed by atoms with Gasteiger partial charge in [0.2, 0.25) is 0 Å². The van der Waals surface area contributed by atoms with Crippen molar-refractivity contribution in [1.82, 2.24) is 14.8 Å². The van der Waals surface area contributed by atoms with Gasteiger partial charge in [-0.25, -0.2) is 21.8 Å². The van der Waals surface area contributed by atoms with Crippen LogP contribution in [0.15, 0.2) is 54.9 Å². The number of amides is 1. The number of halogens is 6. The summed E-state index contributed by atoms with van der Waals surface area (Å²) < 4.78 is 141. The third kappa shape index (κ3) is 6.47. The lowest BCUT2D eigenvalue weighted by Crippen LogP contribution is -2.47. The number of rotatable bonds is 3. The number of aromatic amines is 1. The van der Waals surface area contributed by atoms with Crippen LogP contribution < -0.4 is 11.0 Å². The van der Waals surface area contributed by atoms with E-state index in [9.17, 15) is 57.6 Å². The van der Waals surface area contributed by atoms with E-state index < -0.39 is 81.2 Å². The summed E-state index contributed by atoms with van der Waals surface area (Å²) >= 11 is 0. The minimum absolute atomic E-state index is 0. The molecule has 4 aliphatic rings. The lowest BCUT2D eigenvalue weighted by molar-refractivity contribution is -0.153. The Hall–Kier alpha value is -4.34. The van der Waals surface area contributed by atoms with Gasteiger partial charge in [-0.1, -0.05) is 27.0 Å². The Morgan fingerprint density at radius 1 is 0.815 bits per heavy atom. The number of aromatic nitrogens is 2. The number of hydrogen-bond acceptors (Lipinski definition) is 10. The molecular formula is C33H36F6N4O9S2. The highest BCUT2D eigenvalue weighted by atomic mass is 32.2. The molecule has 2 unspecified atom stereocenters. The average molecular weight is 811 g/mol. The van der Waals surface area contributed by atoms with E-state index in [-0.39, 0.29) is 79.9 Å². The fraction of sp³-hybridized carbons (Fsp3) is 0.455. The Kier molecular flexibility index (Phi) is 10.8. The zero-order valence-electron chi connectivity index (χ0n) is 27.3. The van der Waals surface area contributed by atoms with Crippen molar-refractivity contribution < 1.29 is 57.4 Å². The minimum atomic E-state index is -4.84. The number of ether oxygens (including phenoxy) is 2. The van der Waals surface area contributed by atoms with Crippen molar-refractivity contribution in [2.75, 3.05) is 25.7 Å². The van der Waals surface area contributed by atoms with E-state index in [0.717, 1.165) is 21.8 Å². The second kappa shape index (κ2) is 13.7. The highest BCUT2D eigenvalue weighted by molar-refractivity contribution is 7.91. The topological polar surface area (TPSA) is 178 Å². The smallest absolute Gasteiger partial charge is 0.343 e. The van der Waals surface area contributed by atoms with Gasteiger partial charge >= 0.3 is 23.8 Å². The molecule has 1 N–H and O–H groups in total. The van der Waals surface area contributed by atoms with E-state index in [1.54, 1.807) is 0 Å². The predicted octanol–water partition coefficient (Wildman–Crippen LogP) is 4.20. The number of sulfone groups is 2. The summed E-state index contributed by atoms with van der Waals surface area (Å²) in [5.41, 5.74) is -5.83. The van der Waals surface area contributed by atoms with Gasteiger partial charge in [0.25, 0.3) is 11.2 Å². The summed E-state index contributed by atoms with van der Waals surface area (Å²) in [5.74, 6) is -3.15. The van der Waals surface area contributed by atoms with Gasteiger partial charge in [-0.05, 0) is 54.5 Å². The zero-order valence-corrected chi connectivity index (χ0v) is 28.9. The molecular weight excluding hydrogens is 775 g/mol. The van der Waals surface area contributed by atoms with Crippen LogP contribution in [0.5, 0.6) is 0 Å². The first-order chi connectivity index (χ1) is 24.0. The molecule has 3 aromatic rings. The van der Waals surface area contributed by atoms with Crippen molar-refractivity contribution in [1.29, 1.82) is 0 Å². The summed E-state index contributed by atoms with van der Waals surface area (Å²) in [4.78, 5) is 35.0. The van der Waals surface area contributed by atoms with E-state index in [1.807, 2.05) is 0 Å². The number of hydrazone groups is 1. The maximum Gasteiger partial charge on any atom is 0.417 e. The van der Waals surface area contributed by atoms with Crippen LogP contribution in [0.3, 0.4) is 0 Å². The number of hydrogen-bond donors (Lipinski definition) is 1.